The third kappa shape index (κ3) is 3.89. The molecule has 23 heavy (non-hydrogen) atoms. The Balaban J connectivity index is 2.08. The summed E-state index contributed by atoms with van der Waals surface area (Å²) in [5.74, 6) is -0.871. The average molecular weight is 337 g/mol. The summed E-state index contributed by atoms with van der Waals surface area (Å²) >= 11 is 0. The standard InChI is InChI=1S/C15H19N3O4S/c1-3-14(19)16-9-8-15(20)17-12-10-23(21,22)18(2)13-7-5-4-6-11(12)13/h3-7,12H,1,8-10H2,2H3,(H,16,19)(H,17,20). The molecule has 1 aliphatic heterocycles. The van der Waals surface area contributed by atoms with E-state index in [1.807, 2.05) is 0 Å². The monoisotopic (exact) mass is 337 g/mol. The van der Waals surface area contributed by atoms with Crippen LogP contribution in [-0.2, 0) is 19.6 Å². The minimum absolute atomic E-state index is 0.0636. The van der Waals surface area contributed by atoms with E-state index in [1.165, 1.54) is 11.4 Å². The van der Waals surface area contributed by atoms with Crippen molar-refractivity contribution in [1.82, 2.24) is 10.6 Å². The maximum absolute atomic E-state index is 12.2. The molecular weight excluding hydrogens is 318 g/mol. The first-order chi connectivity index (χ1) is 10.8. The Morgan fingerprint density at radius 1 is 1.39 bits per heavy atom. The number of nitrogens with one attached hydrogen (secondary N) is 2. The maximum atomic E-state index is 12.2. The number of hydrogen-bond acceptors (Lipinski definition) is 4. The SMILES string of the molecule is C=CC(=O)NCCC(=O)NC1CS(=O)(=O)N(C)c2ccccc21. The second-order valence-corrected chi connectivity index (χ2v) is 7.22. The third-order valence-corrected chi connectivity index (χ3v) is 5.40. The van der Waals surface area contributed by atoms with Crippen molar-refractivity contribution in [3.8, 4) is 0 Å². The number of amides is 2. The second kappa shape index (κ2) is 6.82. The van der Waals surface area contributed by atoms with Gasteiger partial charge in [-0.2, -0.15) is 0 Å². The van der Waals surface area contributed by atoms with Crippen LogP contribution in [0.5, 0.6) is 0 Å². The topological polar surface area (TPSA) is 95.6 Å². The molecule has 0 bridgehead atoms. The van der Waals surface area contributed by atoms with Crippen LogP contribution >= 0.6 is 0 Å². The number of para-hydroxylation sites is 1. The van der Waals surface area contributed by atoms with Gasteiger partial charge >= 0.3 is 0 Å². The molecule has 0 saturated carbocycles. The lowest BCUT2D eigenvalue weighted by molar-refractivity contribution is -0.121. The average Bonchev–Trinajstić information content (AvgIpc) is 2.52. The molecular formula is C15H19N3O4S. The van der Waals surface area contributed by atoms with E-state index in [0.717, 1.165) is 11.6 Å². The molecule has 0 spiro atoms. The number of carbonyl (C=O) groups is 2. The lowest BCUT2D eigenvalue weighted by atomic mass is 10.1. The van der Waals surface area contributed by atoms with E-state index in [-0.39, 0.29) is 30.5 Å². The Morgan fingerprint density at radius 2 is 2.09 bits per heavy atom. The molecule has 7 nitrogen and oxygen atoms in total. The Hall–Kier alpha value is -2.35. The van der Waals surface area contributed by atoms with Gasteiger partial charge in [0.25, 0.3) is 0 Å². The van der Waals surface area contributed by atoms with E-state index in [2.05, 4.69) is 17.2 Å². The molecule has 0 aromatic heterocycles. The van der Waals surface area contributed by atoms with Crippen molar-refractivity contribution in [2.75, 3.05) is 23.7 Å². The predicted molar refractivity (Wildman–Crippen MR) is 87.3 cm³/mol. The summed E-state index contributed by atoms with van der Waals surface area (Å²) < 4.78 is 25.6. The highest BCUT2D eigenvalue weighted by Crippen LogP contribution is 2.33. The molecule has 1 aliphatic rings. The number of carbonyl (C=O) groups excluding carboxylic acids is 2. The summed E-state index contributed by atoms with van der Waals surface area (Å²) in [5.41, 5.74) is 1.32. The summed E-state index contributed by atoms with van der Waals surface area (Å²) in [6.45, 7) is 3.48. The lowest BCUT2D eigenvalue weighted by Crippen LogP contribution is -2.43. The van der Waals surface area contributed by atoms with Gasteiger partial charge in [0.1, 0.15) is 0 Å². The van der Waals surface area contributed by atoms with Crippen molar-refractivity contribution in [1.29, 1.82) is 0 Å². The third-order valence-electron chi connectivity index (χ3n) is 3.62. The van der Waals surface area contributed by atoms with Gasteiger partial charge in [-0.05, 0) is 17.7 Å². The zero-order valence-corrected chi connectivity index (χ0v) is 13.6. The molecule has 1 aromatic rings. The van der Waals surface area contributed by atoms with Crippen molar-refractivity contribution in [2.45, 2.75) is 12.5 Å². The predicted octanol–water partition coefficient (Wildman–Crippen LogP) is 0.316. The first-order valence-electron chi connectivity index (χ1n) is 7.10. The smallest absolute Gasteiger partial charge is 0.243 e. The van der Waals surface area contributed by atoms with E-state index in [4.69, 9.17) is 0 Å². The summed E-state index contributed by atoms with van der Waals surface area (Å²) in [7, 11) is -1.97. The Labute approximate surface area is 135 Å². The first-order valence-corrected chi connectivity index (χ1v) is 8.71. The maximum Gasteiger partial charge on any atom is 0.243 e. The van der Waals surface area contributed by atoms with Crippen LogP contribution in [0.1, 0.15) is 18.0 Å². The van der Waals surface area contributed by atoms with Gasteiger partial charge in [0.15, 0.2) is 0 Å². The number of fused-ring (bicyclic) bond motifs is 1. The molecule has 2 N–H and O–H groups in total. The second-order valence-electron chi connectivity index (χ2n) is 5.17. The minimum Gasteiger partial charge on any atom is -0.352 e. The minimum atomic E-state index is -3.47. The molecule has 1 atom stereocenters. The number of sulfonamides is 1. The van der Waals surface area contributed by atoms with Gasteiger partial charge in [-0.3, -0.25) is 13.9 Å². The molecule has 2 rings (SSSR count). The Kier molecular flexibility index (Phi) is 5.05. The van der Waals surface area contributed by atoms with E-state index >= 15 is 0 Å². The van der Waals surface area contributed by atoms with Crippen LogP contribution in [0.4, 0.5) is 5.69 Å². The van der Waals surface area contributed by atoms with Crippen LogP contribution in [0.25, 0.3) is 0 Å². The first kappa shape index (κ1) is 17.0. The Bertz CT molecular complexity index is 730. The van der Waals surface area contributed by atoms with Gasteiger partial charge in [0.2, 0.25) is 21.8 Å². The van der Waals surface area contributed by atoms with E-state index in [1.54, 1.807) is 24.3 Å². The quantitative estimate of drug-likeness (QED) is 0.756. The van der Waals surface area contributed by atoms with Crippen molar-refractivity contribution in [3.05, 3.63) is 42.5 Å². The number of rotatable bonds is 5. The molecule has 0 saturated heterocycles. The largest absolute Gasteiger partial charge is 0.352 e. The van der Waals surface area contributed by atoms with Crippen LogP contribution in [0, 0.1) is 0 Å². The highest BCUT2D eigenvalue weighted by atomic mass is 32.2. The highest BCUT2D eigenvalue weighted by molar-refractivity contribution is 7.92. The van der Waals surface area contributed by atoms with Gasteiger partial charge in [-0.25, -0.2) is 8.42 Å². The zero-order valence-electron chi connectivity index (χ0n) is 12.8. The number of nitrogens with zero attached hydrogens (tertiary/aromatic N) is 1. The molecule has 0 radical (unpaired) electrons. The van der Waals surface area contributed by atoms with Gasteiger partial charge in [-0.1, -0.05) is 24.8 Å². The molecule has 124 valence electrons. The van der Waals surface area contributed by atoms with Crippen LogP contribution in [0.3, 0.4) is 0 Å². The Morgan fingerprint density at radius 3 is 2.78 bits per heavy atom. The number of hydrogen-bond donors (Lipinski definition) is 2. The molecule has 0 fully saturated rings. The molecule has 1 heterocycles. The van der Waals surface area contributed by atoms with E-state index < -0.39 is 16.1 Å². The van der Waals surface area contributed by atoms with Crippen molar-refractivity contribution >= 4 is 27.5 Å². The van der Waals surface area contributed by atoms with Crippen LogP contribution in [-0.4, -0.2) is 39.6 Å². The van der Waals surface area contributed by atoms with Crippen molar-refractivity contribution in [2.24, 2.45) is 0 Å². The molecule has 8 heteroatoms. The molecule has 0 aliphatic carbocycles. The summed E-state index contributed by atoms with van der Waals surface area (Å²) in [6, 6.07) is 6.45. The normalized spacial score (nSPS) is 18.7. The highest BCUT2D eigenvalue weighted by Gasteiger charge is 2.34. The molecule has 2 amide bonds. The van der Waals surface area contributed by atoms with E-state index in [9.17, 15) is 18.0 Å². The van der Waals surface area contributed by atoms with Crippen LogP contribution < -0.4 is 14.9 Å². The molecule has 1 aromatic carbocycles. The van der Waals surface area contributed by atoms with Gasteiger partial charge in [-0.15, -0.1) is 0 Å². The molecule has 1 unspecified atom stereocenters. The fraction of sp³-hybridized carbons (Fsp3) is 0.333. The fourth-order valence-electron chi connectivity index (χ4n) is 2.39. The van der Waals surface area contributed by atoms with Gasteiger partial charge < -0.3 is 10.6 Å². The van der Waals surface area contributed by atoms with Crippen molar-refractivity contribution in [3.63, 3.8) is 0 Å². The van der Waals surface area contributed by atoms with Crippen LogP contribution in [0.2, 0.25) is 0 Å². The lowest BCUT2D eigenvalue weighted by Gasteiger charge is -2.33. The number of anilines is 1. The number of benzene rings is 1. The summed E-state index contributed by atoms with van der Waals surface area (Å²) in [6.07, 6.45) is 1.19. The zero-order chi connectivity index (χ0) is 17.0. The van der Waals surface area contributed by atoms with Crippen molar-refractivity contribution < 1.29 is 18.0 Å². The van der Waals surface area contributed by atoms with Gasteiger partial charge in [0, 0.05) is 20.0 Å². The fourth-order valence-corrected chi connectivity index (χ4v) is 3.76. The summed E-state index contributed by atoms with van der Waals surface area (Å²) in [5, 5.41) is 5.22. The summed E-state index contributed by atoms with van der Waals surface area (Å²) in [4.78, 5) is 23.0. The van der Waals surface area contributed by atoms with Gasteiger partial charge in [0.05, 0.1) is 17.5 Å². The van der Waals surface area contributed by atoms with E-state index in [0.29, 0.717) is 5.69 Å². The van der Waals surface area contributed by atoms with Crippen LogP contribution in [0.15, 0.2) is 36.9 Å².